The average Bonchev–Trinajstić information content (AvgIpc) is 3.21. The van der Waals surface area contributed by atoms with Crippen molar-refractivity contribution in [3.63, 3.8) is 0 Å². The first kappa shape index (κ1) is 19.2. The van der Waals surface area contributed by atoms with Gasteiger partial charge in [-0.2, -0.15) is 5.54 Å². The number of hydrogen-bond donors (Lipinski definition) is 2. The van der Waals surface area contributed by atoms with Gasteiger partial charge < -0.3 is 14.6 Å². The largest absolute Gasteiger partial charge is 0.358 e. The summed E-state index contributed by atoms with van der Waals surface area (Å²) in [6.45, 7) is 2.81. The van der Waals surface area contributed by atoms with E-state index in [1.165, 1.54) is 0 Å². The zero-order valence-corrected chi connectivity index (χ0v) is 18.0. The van der Waals surface area contributed by atoms with Crippen molar-refractivity contribution >= 4 is 62.1 Å². The van der Waals surface area contributed by atoms with E-state index in [1.807, 2.05) is 47.7 Å². The monoisotopic (exact) mass is 572 g/mol. The number of amides is 1. The topological polar surface area (TPSA) is 70.2 Å². The maximum atomic E-state index is 13.0. The Labute approximate surface area is 172 Å². The van der Waals surface area contributed by atoms with Crippen molar-refractivity contribution in [3.05, 3.63) is 27.6 Å². The summed E-state index contributed by atoms with van der Waals surface area (Å²) in [7, 11) is 0. The fourth-order valence-electron chi connectivity index (χ4n) is 3.00. The van der Waals surface area contributed by atoms with Crippen LogP contribution in [-0.4, -0.2) is 44.1 Å². The van der Waals surface area contributed by atoms with Gasteiger partial charge in [0.05, 0.1) is 23.1 Å². The predicted octanol–water partition coefficient (Wildman–Crippen LogP) is 3.47. The summed E-state index contributed by atoms with van der Waals surface area (Å²) in [4.78, 5) is 22.3. The molecule has 1 aliphatic heterocycles. The molecule has 2 N–H and O–H groups in total. The minimum Gasteiger partial charge on any atom is -0.358 e. The van der Waals surface area contributed by atoms with Crippen LogP contribution in [0.5, 0.6) is 0 Å². The highest BCUT2D eigenvalue weighted by molar-refractivity contribution is 14.1. The van der Waals surface area contributed by atoms with Crippen LogP contribution in [0.4, 0.5) is 4.48 Å². The molecule has 0 saturated carbocycles. The summed E-state index contributed by atoms with van der Waals surface area (Å²) in [5.41, 5.74) is 3.55. The van der Waals surface area contributed by atoms with Crippen molar-refractivity contribution in [2.45, 2.75) is 36.0 Å². The zero-order valence-electron chi connectivity index (χ0n) is 13.6. The van der Waals surface area contributed by atoms with Crippen LogP contribution in [0, 0.1) is 3.57 Å². The maximum absolute atomic E-state index is 13.0. The molecule has 6 nitrogen and oxygen atoms in total. The number of likely N-dealkylation sites (tertiary alicyclic amines) is 1. The van der Waals surface area contributed by atoms with E-state index in [0.717, 1.165) is 21.0 Å². The Morgan fingerprint density at radius 1 is 1.60 bits per heavy atom. The molecule has 1 fully saturated rings. The van der Waals surface area contributed by atoms with E-state index < -0.39 is 10.2 Å². The second-order valence-electron chi connectivity index (χ2n) is 6.02. The molecule has 9 heteroatoms. The highest BCUT2D eigenvalue weighted by atomic mass is 127. The number of fused-ring (bicyclic) bond motifs is 1. The smallest absolute Gasteiger partial charge is 0.262 e. The first-order valence-corrected chi connectivity index (χ1v) is 10.4. The molecule has 1 aromatic heterocycles. The third-order valence-electron chi connectivity index (χ3n) is 4.18. The van der Waals surface area contributed by atoms with Gasteiger partial charge in [0.25, 0.3) is 5.91 Å². The number of aromatic nitrogens is 2. The Hall–Kier alpha value is -0.530. The number of rotatable bonds is 6. The second kappa shape index (κ2) is 8.44. The average molecular weight is 572 g/mol. The quantitative estimate of drug-likeness (QED) is 0.316. The molecule has 0 unspecified atom stereocenters. The van der Waals surface area contributed by atoms with Crippen LogP contribution < -0.4 is 5.54 Å². The lowest BCUT2D eigenvalue weighted by atomic mass is 10.1. The lowest BCUT2D eigenvalue weighted by Crippen LogP contribution is -2.39. The molecule has 2 heterocycles. The lowest BCUT2D eigenvalue weighted by molar-refractivity contribution is -0.138. The molecule has 3 rings (SSSR count). The van der Waals surface area contributed by atoms with Gasteiger partial charge in [0.2, 0.25) is 0 Å². The number of benzene rings is 1. The van der Waals surface area contributed by atoms with Crippen molar-refractivity contribution < 1.29 is 14.0 Å². The molecule has 25 heavy (non-hydrogen) atoms. The van der Waals surface area contributed by atoms with E-state index in [4.69, 9.17) is 4.74 Å². The molecule has 1 aliphatic rings. The van der Waals surface area contributed by atoms with E-state index in [-0.39, 0.29) is 11.9 Å². The van der Waals surface area contributed by atoms with Gasteiger partial charge in [-0.15, -0.1) is 4.48 Å². The minimum absolute atomic E-state index is 0.146. The predicted molar refractivity (Wildman–Crippen MR) is 110 cm³/mol. The number of carbonyl (C=O) groups is 1. The highest BCUT2D eigenvalue weighted by Gasteiger charge is 2.40. The number of H-pyrrole nitrogens is 1. The standard InChI is InChI=1S/C16H19FI2N4O2/c1-2-5-25-14(19)16(24)23-8-10(22-17)7-13(23)15-20-11-4-3-9(18)6-12(11)21-15/h3-4,6,10,13-14,22H,2,5,7-8H2,1H3,(H,20,21)/t10-,13+,14+/m1/s1. The van der Waals surface area contributed by atoms with Crippen molar-refractivity contribution in [1.82, 2.24) is 20.4 Å². The number of nitrogens with zero attached hydrogens (tertiary/aromatic N) is 2. The van der Waals surface area contributed by atoms with Gasteiger partial charge in [-0.05, 0) is 76.2 Å². The molecule has 0 spiro atoms. The van der Waals surface area contributed by atoms with Crippen molar-refractivity contribution in [2.75, 3.05) is 13.2 Å². The summed E-state index contributed by atoms with van der Waals surface area (Å²) in [5, 5.41) is 0. The third-order valence-corrected chi connectivity index (χ3v) is 5.74. The number of imidazole rings is 1. The summed E-state index contributed by atoms with van der Waals surface area (Å²) in [5.74, 6) is 0.536. The number of carbonyl (C=O) groups excluding carboxylic acids is 1. The normalized spacial score (nSPS) is 21.8. The van der Waals surface area contributed by atoms with Crippen LogP contribution in [-0.2, 0) is 9.53 Å². The zero-order chi connectivity index (χ0) is 18.0. The fourth-order valence-corrected chi connectivity index (χ4v) is 4.10. The van der Waals surface area contributed by atoms with Gasteiger partial charge >= 0.3 is 0 Å². The van der Waals surface area contributed by atoms with Crippen LogP contribution in [0.1, 0.15) is 31.6 Å². The Kier molecular flexibility index (Phi) is 6.49. The van der Waals surface area contributed by atoms with E-state index in [1.54, 1.807) is 10.4 Å². The number of hydrogen-bond acceptors (Lipinski definition) is 4. The number of aromatic amines is 1. The molecule has 1 saturated heterocycles. The molecule has 0 radical (unpaired) electrons. The molecule has 136 valence electrons. The first-order chi connectivity index (χ1) is 12.0. The summed E-state index contributed by atoms with van der Waals surface area (Å²) < 4.78 is 19.1. The number of ether oxygens (including phenoxy) is 1. The molecule has 0 bridgehead atoms. The Morgan fingerprint density at radius 2 is 2.40 bits per heavy atom. The Bertz CT molecular complexity index is 757. The van der Waals surface area contributed by atoms with Gasteiger partial charge in [-0.25, -0.2) is 4.98 Å². The Balaban J connectivity index is 1.86. The van der Waals surface area contributed by atoms with Crippen LogP contribution >= 0.6 is 45.2 Å². The fraction of sp³-hybridized carbons (Fsp3) is 0.500. The van der Waals surface area contributed by atoms with Gasteiger partial charge in [0, 0.05) is 16.7 Å². The van der Waals surface area contributed by atoms with E-state index in [0.29, 0.717) is 25.4 Å². The molecule has 1 amide bonds. The van der Waals surface area contributed by atoms with E-state index in [9.17, 15) is 9.28 Å². The molecular weight excluding hydrogens is 553 g/mol. The number of alkyl halides is 1. The summed E-state index contributed by atoms with van der Waals surface area (Å²) in [6.07, 6.45) is 1.31. The first-order valence-electron chi connectivity index (χ1n) is 8.11. The van der Waals surface area contributed by atoms with Crippen LogP contribution in [0.2, 0.25) is 0 Å². The summed E-state index contributed by atoms with van der Waals surface area (Å²) >= 11 is 4.23. The van der Waals surface area contributed by atoms with Crippen LogP contribution in [0.3, 0.4) is 0 Å². The van der Waals surface area contributed by atoms with Crippen molar-refractivity contribution in [1.29, 1.82) is 0 Å². The molecule has 1 aromatic carbocycles. The van der Waals surface area contributed by atoms with Crippen molar-refractivity contribution in [3.8, 4) is 0 Å². The minimum atomic E-state index is -0.580. The molecule has 3 atom stereocenters. The Morgan fingerprint density at radius 3 is 3.12 bits per heavy atom. The van der Waals surface area contributed by atoms with Gasteiger partial charge in [0.15, 0.2) is 4.11 Å². The van der Waals surface area contributed by atoms with Gasteiger partial charge in [-0.3, -0.25) is 4.79 Å². The maximum Gasteiger partial charge on any atom is 0.262 e. The van der Waals surface area contributed by atoms with Crippen LogP contribution in [0.15, 0.2) is 18.2 Å². The van der Waals surface area contributed by atoms with E-state index in [2.05, 4.69) is 32.6 Å². The number of nitrogens with one attached hydrogen (secondary N) is 2. The lowest BCUT2D eigenvalue weighted by Gasteiger charge is -2.25. The SMILES string of the molecule is CCCO[C@H](I)C(=O)N1C[C@H](NF)C[C@H]1c1nc2ccc(I)cc2[nH]1. The highest BCUT2D eigenvalue weighted by Crippen LogP contribution is 2.33. The van der Waals surface area contributed by atoms with Gasteiger partial charge in [0.1, 0.15) is 5.82 Å². The molecular formula is C16H19FI2N4O2. The van der Waals surface area contributed by atoms with Crippen LogP contribution in [0.25, 0.3) is 11.0 Å². The third kappa shape index (κ3) is 4.25. The molecule has 2 aromatic rings. The number of halogens is 3. The van der Waals surface area contributed by atoms with Gasteiger partial charge in [-0.1, -0.05) is 6.92 Å². The molecule has 0 aliphatic carbocycles. The van der Waals surface area contributed by atoms with Crippen molar-refractivity contribution in [2.24, 2.45) is 0 Å². The summed E-state index contributed by atoms with van der Waals surface area (Å²) in [6, 6.07) is 5.22. The van der Waals surface area contributed by atoms with E-state index >= 15 is 0 Å². The second-order valence-corrected chi connectivity index (χ2v) is 8.40.